The predicted molar refractivity (Wildman–Crippen MR) is 85.8 cm³/mol. The van der Waals surface area contributed by atoms with E-state index < -0.39 is 23.5 Å². The molecule has 0 fully saturated rings. The molecular formula is C18H17F6NO. The molecule has 1 heterocycles. The van der Waals surface area contributed by atoms with Crippen LogP contribution in [-0.2, 0) is 18.8 Å². The van der Waals surface area contributed by atoms with E-state index in [1.165, 1.54) is 13.1 Å². The van der Waals surface area contributed by atoms with Gasteiger partial charge in [0.1, 0.15) is 5.75 Å². The smallest absolute Gasteiger partial charge is 0.417 e. The standard InChI is InChI=1S/C17H12F6O.CH5N/c18-16(19,20)11-6-7-12(14(9-11)17(21,22)23)13-5-1-3-10-4-2-8-24-15(10)13;1-2/h1,3,5-7,9H,2,4,8H2;2H2,1H3. The monoisotopic (exact) mass is 377 g/mol. The van der Waals surface area contributed by atoms with Crippen molar-refractivity contribution in [3.63, 3.8) is 0 Å². The highest BCUT2D eigenvalue weighted by atomic mass is 19.4. The summed E-state index contributed by atoms with van der Waals surface area (Å²) in [6.07, 6.45) is -8.35. The third-order valence-corrected chi connectivity index (χ3v) is 3.88. The van der Waals surface area contributed by atoms with E-state index in [1.54, 1.807) is 12.1 Å². The molecule has 0 saturated heterocycles. The molecule has 3 rings (SSSR count). The number of hydrogen-bond donors (Lipinski definition) is 1. The topological polar surface area (TPSA) is 35.2 Å². The lowest BCUT2D eigenvalue weighted by atomic mass is 9.93. The van der Waals surface area contributed by atoms with E-state index in [0.29, 0.717) is 24.8 Å². The van der Waals surface area contributed by atoms with E-state index >= 15 is 0 Å². The van der Waals surface area contributed by atoms with Crippen LogP contribution < -0.4 is 10.5 Å². The maximum absolute atomic E-state index is 13.3. The van der Waals surface area contributed by atoms with E-state index in [0.717, 1.165) is 18.1 Å². The van der Waals surface area contributed by atoms with Crippen LogP contribution in [0.1, 0.15) is 23.1 Å². The number of rotatable bonds is 1. The third-order valence-electron chi connectivity index (χ3n) is 3.88. The maximum atomic E-state index is 13.3. The molecule has 2 nitrogen and oxygen atoms in total. The zero-order valence-electron chi connectivity index (χ0n) is 13.8. The fraction of sp³-hybridized carbons (Fsp3) is 0.333. The molecule has 0 spiro atoms. The summed E-state index contributed by atoms with van der Waals surface area (Å²) >= 11 is 0. The first-order chi connectivity index (χ1) is 12.2. The molecule has 0 amide bonds. The van der Waals surface area contributed by atoms with Crippen molar-refractivity contribution in [1.29, 1.82) is 0 Å². The summed E-state index contributed by atoms with van der Waals surface area (Å²) in [6.45, 7) is 0.367. The van der Waals surface area contributed by atoms with Gasteiger partial charge in [0, 0.05) is 5.56 Å². The minimum absolute atomic E-state index is 0.150. The van der Waals surface area contributed by atoms with Crippen LogP contribution in [0, 0.1) is 0 Å². The van der Waals surface area contributed by atoms with Gasteiger partial charge < -0.3 is 10.5 Å². The van der Waals surface area contributed by atoms with Crippen LogP contribution in [0.25, 0.3) is 11.1 Å². The highest BCUT2D eigenvalue weighted by molar-refractivity contribution is 5.76. The Balaban J connectivity index is 0.00000117. The molecule has 2 aromatic rings. The molecule has 8 heteroatoms. The maximum Gasteiger partial charge on any atom is 0.417 e. The summed E-state index contributed by atoms with van der Waals surface area (Å²) in [7, 11) is 1.50. The Hall–Kier alpha value is -2.22. The Kier molecular flexibility index (Phi) is 5.85. The van der Waals surface area contributed by atoms with Gasteiger partial charge in [-0.3, -0.25) is 0 Å². The van der Waals surface area contributed by atoms with Crippen molar-refractivity contribution < 1.29 is 31.1 Å². The van der Waals surface area contributed by atoms with Gasteiger partial charge in [0.2, 0.25) is 0 Å². The van der Waals surface area contributed by atoms with Crippen LogP contribution in [0.2, 0.25) is 0 Å². The van der Waals surface area contributed by atoms with Gasteiger partial charge >= 0.3 is 12.4 Å². The van der Waals surface area contributed by atoms with Crippen LogP contribution in [0.3, 0.4) is 0 Å². The van der Waals surface area contributed by atoms with Crippen molar-refractivity contribution >= 4 is 0 Å². The van der Waals surface area contributed by atoms with Gasteiger partial charge in [-0.2, -0.15) is 26.3 Å². The van der Waals surface area contributed by atoms with Crippen molar-refractivity contribution in [2.75, 3.05) is 13.7 Å². The van der Waals surface area contributed by atoms with Crippen molar-refractivity contribution in [1.82, 2.24) is 0 Å². The molecule has 0 aliphatic carbocycles. The van der Waals surface area contributed by atoms with Crippen LogP contribution in [-0.4, -0.2) is 13.7 Å². The van der Waals surface area contributed by atoms with Crippen LogP contribution in [0.5, 0.6) is 5.75 Å². The Labute approximate surface area is 146 Å². The molecule has 0 atom stereocenters. The number of ether oxygens (including phenoxy) is 1. The fourth-order valence-electron chi connectivity index (χ4n) is 2.79. The lowest BCUT2D eigenvalue weighted by Crippen LogP contribution is -2.13. The second-order valence-corrected chi connectivity index (χ2v) is 5.50. The molecule has 0 saturated carbocycles. The van der Waals surface area contributed by atoms with Gasteiger partial charge in [0.05, 0.1) is 17.7 Å². The molecule has 0 aromatic heterocycles. The zero-order chi connectivity index (χ0) is 19.5. The molecule has 142 valence electrons. The summed E-state index contributed by atoms with van der Waals surface area (Å²) in [6, 6.07) is 6.43. The first kappa shape index (κ1) is 20.1. The summed E-state index contributed by atoms with van der Waals surface area (Å²) in [5.41, 5.74) is 2.46. The minimum atomic E-state index is -4.91. The molecule has 2 N–H and O–H groups in total. The average Bonchev–Trinajstić information content (AvgIpc) is 2.61. The van der Waals surface area contributed by atoms with Crippen molar-refractivity contribution in [3.8, 4) is 16.9 Å². The number of fused-ring (bicyclic) bond motifs is 1. The van der Waals surface area contributed by atoms with Crippen LogP contribution >= 0.6 is 0 Å². The number of hydrogen-bond acceptors (Lipinski definition) is 2. The zero-order valence-corrected chi connectivity index (χ0v) is 13.8. The summed E-state index contributed by atoms with van der Waals surface area (Å²) in [4.78, 5) is 0. The largest absolute Gasteiger partial charge is 0.493 e. The molecule has 0 bridgehead atoms. The lowest BCUT2D eigenvalue weighted by molar-refractivity contribution is -0.142. The molecule has 26 heavy (non-hydrogen) atoms. The van der Waals surface area contributed by atoms with Crippen molar-refractivity contribution in [2.24, 2.45) is 5.73 Å². The number of aryl methyl sites for hydroxylation is 1. The van der Waals surface area contributed by atoms with Gasteiger partial charge in [0.15, 0.2) is 0 Å². The Morgan fingerprint density at radius 3 is 2.19 bits per heavy atom. The first-order valence-corrected chi connectivity index (χ1v) is 7.79. The molecule has 0 radical (unpaired) electrons. The highest BCUT2D eigenvalue weighted by Crippen LogP contribution is 2.44. The summed E-state index contributed by atoms with van der Waals surface area (Å²) < 4.78 is 83.8. The van der Waals surface area contributed by atoms with Gasteiger partial charge in [-0.25, -0.2) is 0 Å². The average molecular weight is 377 g/mol. The minimum Gasteiger partial charge on any atom is -0.493 e. The number of alkyl halides is 6. The first-order valence-electron chi connectivity index (χ1n) is 7.79. The van der Waals surface area contributed by atoms with Gasteiger partial charge in [-0.15, -0.1) is 0 Å². The van der Waals surface area contributed by atoms with Crippen LogP contribution in [0.4, 0.5) is 26.3 Å². The molecule has 2 aromatic carbocycles. The molecule has 1 aliphatic rings. The van der Waals surface area contributed by atoms with Gasteiger partial charge in [0.25, 0.3) is 0 Å². The normalized spacial score (nSPS) is 14.0. The Morgan fingerprint density at radius 2 is 1.58 bits per heavy atom. The number of para-hydroxylation sites is 1. The number of benzene rings is 2. The number of nitrogens with two attached hydrogens (primary N) is 1. The van der Waals surface area contributed by atoms with Crippen molar-refractivity contribution in [3.05, 3.63) is 53.1 Å². The molecule has 1 aliphatic heterocycles. The van der Waals surface area contributed by atoms with E-state index in [2.05, 4.69) is 5.73 Å². The number of halogens is 6. The van der Waals surface area contributed by atoms with E-state index in [4.69, 9.17) is 4.74 Å². The van der Waals surface area contributed by atoms with E-state index in [1.807, 2.05) is 0 Å². The molecule has 0 unspecified atom stereocenters. The summed E-state index contributed by atoms with van der Waals surface area (Å²) in [5, 5.41) is 0. The Bertz CT molecular complexity index is 767. The van der Waals surface area contributed by atoms with Crippen molar-refractivity contribution in [2.45, 2.75) is 25.2 Å². The quantitative estimate of drug-likeness (QED) is 0.686. The predicted octanol–water partition coefficient (Wildman–Crippen LogP) is 5.29. The molecular weight excluding hydrogens is 360 g/mol. The second kappa shape index (κ2) is 7.57. The lowest BCUT2D eigenvalue weighted by Gasteiger charge is -2.22. The third kappa shape index (κ3) is 4.12. The van der Waals surface area contributed by atoms with Gasteiger partial charge in [-0.05, 0) is 43.1 Å². The highest BCUT2D eigenvalue weighted by Gasteiger charge is 2.39. The summed E-state index contributed by atoms with van der Waals surface area (Å²) in [5.74, 6) is 0.314. The fourth-order valence-corrected chi connectivity index (χ4v) is 2.79. The Morgan fingerprint density at radius 1 is 0.885 bits per heavy atom. The SMILES string of the molecule is CN.FC(F)(F)c1ccc(-c2cccc3c2OCCC3)c(C(F)(F)F)c1. The van der Waals surface area contributed by atoms with Crippen LogP contribution in [0.15, 0.2) is 36.4 Å². The van der Waals surface area contributed by atoms with E-state index in [9.17, 15) is 26.3 Å². The second-order valence-electron chi connectivity index (χ2n) is 5.50. The van der Waals surface area contributed by atoms with Gasteiger partial charge in [-0.1, -0.05) is 24.3 Å². The van der Waals surface area contributed by atoms with E-state index in [-0.39, 0.29) is 17.2 Å².